The van der Waals surface area contributed by atoms with Gasteiger partial charge in [0, 0.05) is 0 Å². The molecule has 0 amide bonds. The lowest BCUT2D eigenvalue weighted by Crippen LogP contribution is -2.41. The molecular formula is C46H88NO3S+. The molecule has 0 saturated heterocycles. The summed E-state index contributed by atoms with van der Waals surface area (Å²) in [5.41, 5.74) is 0.732. The molecule has 1 N–H and O–H groups in total. The summed E-state index contributed by atoms with van der Waals surface area (Å²) in [5.74, 6) is 0. The van der Waals surface area contributed by atoms with Gasteiger partial charge in [-0.3, -0.25) is 4.55 Å². The van der Waals surface area contributed by atoms with Crippen LogP contribution in [0.4, 0.5) is 0 Å². The molecule has 0 aliphatic heterocycles. The lowest BCUT2D eigenvalue weighted by Gasteiger charge is -2.30. The van der Waals surface area contributed by atoms with Crippen molar-refractivity contribution in [3.63, 3.8) is 0 Å². The standard InChI is InChI=1S/C38H80N.C8H8O3S/c1-5-7-9-11-13-15-17-19-21-23-25-27-29-31-33-35-37-39(3,4)38-36-34-32-30-28-26-24-22-20-18-16-14-12-10-8-6-2;9-12(10,11)7-6-8-4-2-1-3-5-8/h5-38H2,1-4H3;1-7H,(H,9,10,11)/q+1;. The minimum Gasteiger partial charge on any atom is -0.328 e. The quantitative estimate of drug-likeness (QED) is 0.0424. The van der Waals surface area contributed by atoms with E-state index in [1.165, 1.54) is 229 Å². The van der Waals surface area contributed by atoms with E-state index in [1.54, 1.807) is 24.3 Å². The first-order chi connectivity index (χ1) is 24.7. The topological polar surface area (TPSA) is 54.4 Å². The highest BCUT2D eigenvalue weighted by Gasteiger charge is 2.13. The molecule has 0 radical (unpaired) electrons. The van der Waals surface area contributed by atoms with Crippen LogP contribution in [0.5, 0.6) is 0 Å². The van der Waals surface area contributed by atoms with Gasteiger partial charge in [-0.15, -0.1) is 0 Å². The molecule has 0 aromatic heterocycles. The molecule has 0 atom stereocenters. The summed E-state index contributed by atoms with van der Waals surface area (Å²) in [6.07, 6.45) is 48.3. The Labute approximate surface area is 320 Å². The second kappa shape index (κ2) is 37.2. The maximum atomic E-state index is 10.3. The van der Waals surface area contributed by atoms with E-state index >= 15 is 0 Å². The molecule has 300 valence electrons. The Morgan fingerprint density at radius 3 is 0.961 bits per heavy atom. The van der Waals surface area contributed by atoms with E-state index in [1.807, 2.05) is 6.07 Å². The van der Waals surface area contributed by atoms with Crippen LogP contribution in [0.1, 0.15) is 225 Å². The monoisotopic (exact) mass is 735 g/mol. The van der Waals surface area contributed by atoms with Crippen molar-refractivity contribution >= 4 is 16.2 Å². The molecule has 0 unspecified atom stereocenters. The summed E-state index contributed by atoms with van der Waals surface area (Å²) in [4.78, 5) is 0. The van der Waals surface area contributed by atoms with Crippen LogP contribution in [-0.4, -0.2) is 44.6 Å². The van der Waals surface area contributed by atoms with Gasteiger partial charge in [0.2, 0.25) is 0 Å². The van der Waals surface area contributed by atoms with Crippen molar-refractivity contribution in [3.05, 3.63) is 41.3 Å². The summed E-state index contributed by atoms with van der Waals surface area (Å²) < 4.78 is 30.2. The van der Waals surface area contributed by atoms with Crippen molar-refractivity contribution in [2.75, 3.05) is 27.2 Å². The molecule has 0 bridgehead atoms. The number of benzene rings is 1. The first-order valence-electron chi connectivity index (χ1n) is 22.2. The van der Waals surface area contributed by atoms with E-state index < -0.39 is 10.1 Å². The molecule has 5 heteroatoms. The van der Waals surface area contributed by atoms with Crippen molar-refractivity contribution in [2.24, 2.45) is 0 Å². The van der Waals surface area contributed by atoms with Crippen molar-refractivity contribution in [1.29, 1.82) is 0 Å². The Kier molecular flexibility index (Phi) is 36.3. The van der Waals surface area contributed by atoms with Crippen LogP contribution in [0, 0.1) is 0 Å². The molecule has 0 aliphatic carbocycles. The fourth-order valence-electron chi connectivity index (χ4n) is 7.02. The number of unbranched alkanes of at least 4 members (excludes halogenated alkanes) is 30. The minimum absolute atomic E-state index is 0.732. The van der Waals surface area contributed by atoms with Gasteiger partial charge in [-0.1, -0.05) is 224 Å². The average molecular weight is 735 g/mol. The summed E-state index contributed by atoms with van der Waals surface area (Å²) in [6.45, 7) is 7.39. The second-order valence-electron chi connectivity index (χ2n) is 16.2. The van der Waals surface area contributed by atoms with Crippen LogP contribution < -0.4 is 0 Å². The van der Waals surface area contributed by atoms with Gasteiger partial charge in [0.25, 0.3) is 10.1 Å². The molecule has 0 spiro atoms. The fourth-order valence-corrected chi connectivity index (χ4v) is 7.35. The zero-order valence-electron chi connectivity index (χ0n) is 34.7. The Morgan fingerprint density at radius 1 is 0.451 bits per heavy atom. The summed E-state index contributed by atoms with van der Waals surface area (Å²) in [6, 6.07) is 8.86. The van der Waals surface area contributed by atoms with Gasteiger partial charge in [0.1, 0.15) is 0 Å². The molecular weight excluding hydrogens is 647 g/mol. The summed E-state index contributed by atoms with van der Waals surface area (Å²) in [5, 5.41) is 0.752. The zero-order chi connectivity index (χ0) is 37.6. The third-order valence-electron chi connectivity index (χ3n) is 10.5. The Balaban J connectivity index is 0.00000174. The van der Waals surface area contributed by atoms with E-state index in [-0.39, 0.29) is 0 Å². The van der Waals surface area contributed by atoms with Crippen LogP contribution in [0.15, 0.2) is 35.7 Å². The van der Waals surface area contributed by atoms with Gasteiger partial charge in [-0.05, 0) is 37.3 Å². The fraction of sp³-hybridized carbons (Fsp3) is 0.826. The van der Waals surface area contributed by atoms with Crippen molar-refractivity contribution in [3.8, 4) is 0 Å². The van der Waals surface area contributed by atoms with E-state index in [2.05, 4.69) is 27.9 Å². The van der Waals surface area contributed by atoms with E-state index in [0.29, 0.717) is 0 Å². The highest BCUT2D eigenvalue weighted by molar-refractivity contribution is 7.88. The molecule has 0 fully saturated rings. The third kappa shape index (κ3) is 41.4. The number of nitrogens with zero attached hydrogens (tertiary/aromatic N) is 1. The molecule has 0 heterocycles. The molecule has 1 aromatic rings. The largest absolute Gasteiger partial charge is 0.328 e. The smallest absolute Gasteiger partial charge is 0.287 e. The number of hydrogen-bond donors (Lipinski definition) is 1. The number of rotatable bonds is 36. The molecule has 0 aliphatic rings. The van der Waals surface area contributed by atoms with Crippen LogP contribution in [0.3, 0.4) is 0 Å². The Bertz CT molecular complexity index is 922. The minimum atomic E-state index is -4.00. The van der Waals surface area contributed by atoms with Gasteiger partial charge in [0.05, 0.1) is 32.6 Å². The Hall–Kier alpha value is -1.17. The lowest BCUT2D eigenvalue weighted by molar-refractivity contribution is -0.890. The van der Waals surface area contributed by atoms with Gasteiger partial charge < -0.3 is 4.48 Å². The average Bonchev–Trinajstić information content (AvgIpc) is 3.11. The predicted molar refractivity (Wildman–Crippen MR) is 228 cm³/mol. The highest BCUT2D eigenvalue weighted by atomic mass is 32.2. The van der Waals surface area contributed by atoms with Gasteiger partial charge in [-0.25, -0.2) is 0 Å². The van der Waals surface area contributed by atoms with Crippen LogP contribution >= 0.6 is 0 Å². The van der Waals surface area contributed by atoms with Gasteiger partial charge in [0.15, 0.2) is 0 Å². The summed E-state index contributed by atoms with van der Waals surface area (Å²) >= 11 is 0. The number of quaternary nitrogens is 1. The van der Waals surface area contributed by atoms with Crippen molar-refractivity contribution in [2.45, 2.75) is 219 Å². The second-order valence-corrected chi connectivity index (χ2v) is 17.5. The predicted octanol–water partition coefficient (Wildman–Crippen LogP) is 15.1. The molecule has 4 nitrogen and oxygen atoms in total. The maximum absolute atomic E-state index is 10.3. The van der Waals surface area contributed by atoms with Gasteiger partial charge >= 0.3 is 0 Å². The normalized spacial score (nSPS) is 12.0. The maximum Gasteiger partial charge on any atom is 0.287 e. The molecule has 1 aromatic carbocycles. The van der Waals surface area contributed by atoms with Crippen LogP contribution in [0.2, 0.25) is 0 Å². The lowest BCUT2D eigenvalue weighted by atomic mass is 10.0. The Morgan fingerprint density at radius 2 is 0.706 bits per heavy atom. The summed E-state index contributed by atoms with van der Waals surface area (Å²) in [7, 11) is 0.934. The zero-order valence-corrected chi connectivity index (χ0v) is 35.5. The third-order valence-corrected chi connectivity index (χ3v) is 10.9. The molecule has 51 heavy (non-hydrogen) atoms. The number of hydrogen-bond acceptors (Lipinski definition) is 2. The first-order valence-corrected chi connectivity index (χ1v) is 23.7. The van der Waals surface area contributed by atoms with Crippen LogP contribution in [-0.2, 0) is 10.1 Å². The van der Waals surface area contributed by atoms with Crippen molar-refractivity contribution in [1.82, 2.24) is 0 Å². The SMILES string of the molecule is CCCCCCCCCCCCCCCCCC[N+](C)(C)CCCCCCCCCCCCCCCCCC.O=S(=O)(O)C=Cc1ccccc1. The van der Waals surface area contributed by atoms with E-state index in [4.69, 9.17) is 4.55 Å². The van der Waals surface area contributed by atoms with Crippen molar-refractivity contribution < 1.29 is 17.5 Å². The molecule has 1 rings (SSSR count). The molecule has 0 saturated carbocycles. The van der Waals surface area contributed by atoms with Crippen LogP contribution in [0.25, 0.3) is 6.08 Å². The van der Waals surface area contributed by atoms with E-state index in [9.17, 15) is 8.42 Å². The van der Waals surface area contributed by atoms with Gasteiger partial charge in [-0.2, -0.15) is 8.42 Å². The highest BCUT2D eigenvalue weighted by Crippen LogP contribution is 2.16. The van der Waals surface area contributed by atoms with E-state index in [0.717, 1.165) is 11.0 Å². The first kappa shape index (κ1) is 49.8.